The number of hydrogen-bond acceptors (Lipinski definition) is 3. The van der Waals surface area contributed by atoms with Gasteiger partial charge in [-0.2, -0.15) is 0 Å². The molecule has 0 aliphatic carbocycles. The Balaban J connectivity index is 4.17. The van der Waals surface area contributed by atoms with Crippen LogP contribution < -0.4 is 0 Å². The fourth-order valence-electron chi connectivity index (χ4n) is 0.734. The number of aliphatic hydroxyl groups is 3. The van der Waals surface area contributed by atoms with Gasteiger partial charge >= 0.3 is 0 Å². The molecule has 0 bridgehead atoms. The molecule has 0 fully saturated rings. The summed E-state index contributed by atoms with van der Waals surface area (Å²) in [4.78, 5) is 0. The summed E-state index contributed by atoms with van der Waals surface area (Å²) in [6, 6.07) is 0. The largest absolute Gasteiger partial charge is 0.392 e. The van der Waals surface area contributed by atoms with Gasteiger partial charge < -0.3 is 15.3 Å². The maximum Gasteiger partial charge on any atom is 0.0699 e. The molecule has 0 saturated carbocycles. The van der Waals surface area contributed by atoms with Crippen LogP contribution in [0.25, 0.3) is 0 Å². The minimum absolute atomic E-state index is 0.131. The zero-order valence-electron chi connectivity index (χ0n) is 7.44. The van der Waals surface area contributed by atoms with Crippen LogP contribution in [-0.4, -0.2) is 34.1 Å². The van der Waals surface area contributed by atoms with Crippen LogP contribution in [0.1, 0.15) is 13.8 Å². The Hall–Kier alpha value is -0.640. The highest BCUT2D eigenvalue weighted by Gasteiger charge is 1.94. The molecule has 70 valence electrons. The van der Waals surface area contributed by atoms with Gasteiger partial charge in [0.15, 0.2) is 0 Å². The Bertz CT molecular complexity index is 169. The van der Waals surface area contributed by atoms with Crippen molar-refractivity contribution in [3.63, 3.8) is 0 Å². The second-order valence-corrected chi connectivity index (χ2v) is 2.74. The van der Waals surface area contributed by atoms with E-state index in [0.717, 1.165) is 0 Å². The van der Waals surface area contributed by atoms with E-state index >= 15 is 0 Å². The topological polar surface area (TPSA) is 60.7 Å². The standard InChI is InChI=1S/C9H16O3/c1-7(11)3-4-9(6-10)5-8(2)12/h3-5,7-8,10-12H,6H2,1-2H3. The molecule has 0 spiro atoms. The summed E-state index contributed by atoms with van der Waals surface area (Å²) >= 11 is 0. The van der Waals surface area contributed by atoms with Crippen molar-refractivity contribution in [2.45, 2.75) is 26.1 Å². The molecule has 2 atom stereocenters. The monoisotopic (exact) mass is 172 g/mol. The second-order valence-electron chi connectivity index (χ2n) is 2.74. The van der Waals surface area contributed by atoms with Gasteiger partial charge in [-0.05, 0) is 19.4 Å². The molecular weight excluding hydrogens is 156 g/mol. The van der Waals surface area contributed by atoms with Crippen molar-refractivity contribution in [2.75, 3.05) is 6.61 Å². The van der Waals surface area contributed by atoms with Gasteiger partial charge in [0.25, 0.3) is 0 Å². The third kappa shape index (κ3) is 6.09. The van der Waals surface area contributed by atoms with E-state index in [1.165, 1.54) is 6.08 Å². The molecule has 2 unspecified atom stereocenters. The fraction of sp³-hybridized carbons (Fsp3) is 0.556. The van der Waals surface area contributed by atoms with Gasteiger partial charge in [-0.25, -0.2) is 0 Å². The smallest absolute Gasteiger partial charge is 0.0699 e. The SMILES string of the molecule is CC(O)C=CC(=CC(C)O)CO. The lowest BCUT2D eigenvalue weighted by Gasteiger charge is -2.00. The van der Waals surface area contributed by atoms with Gasteiger partial charge in [-0.3, -0.25) is 0 Å². The average Bonchev–Trinajstić information content (AvgIpc) is 1.97. The van der Waals surface area contributed by atoms with Crippen molar-refractivity contribution in [3.8, 4) is 0 Å². The first-order valence-corrected chi connectivity index (χ1v) is 3.92. The Kier molecular flexibility index (Phi) is 5.62. The molecule has 0 aliphatic rings. The van der Waals surface area contributed by atoms with E-state index in [4.69, 9.17) is 15.3 Å². The van der Waals surface area contributed by atoms with Gasteiger partial charge in [0.05, 0.1) is 18.8 Å². The van der Waals surface area contributed by atoms with Crippen molar-refractivity contribution in [1.29, 1.82) is 0 Å². The number of rotatable bonds is 4. The van der Waals surface area contributed by atoms with E-state index in [1.54, 1.807) is 26.0 Å². The molecule has 0 saturated heterocycles. The van der Waals surface area contributed by atoms with Gasteiger partial charge in [-0.15, -0.1) is 0 Å². The molecule has 0 rings (SSSR count). The molecule has 0 radical (unpaired) electrons. The first-order valence-electron chi connectivity index (χ1n) is 3.92. The fourth-order valence-corrected chi connectivity index (χ4v) is 0.734. The summed E-state index contributed by atoms with van der Waals surface area (Å²) in [5.41, 5.74) is 0.603. The number of aliphatic hydroxyl groups excluding tert-OH is 3. The average molecular weight is 172 g/mol. The van der Waals surface area contributed by atoms with Crippen molar-refractivity contribution >= 4 is 0 Å². The van der Waals surface area contributed by atoms with Crippen molar-refractivity contribution in [3.05, 3.63) is 23.8 Å². The zero-order chi connectivity index (χ0) is 9.56. The summed E-state index contributed by atoms with van der Waals surface area (Å²) in [6.45, 7) is 3.09. The minimum atomic E-state index is -0.578. The van der Waals surface area contributed by atoms with Gasteiger partial charge in [-0.1, -0.05) is 18.2 Å². The number of hydrogen-bond donors (Lipinski definition) is 3. The van der Waals surface area contributed by atoms with Crippen molar-refractivity contribution in [2.24, 2.45) is 0 Å². The molecule has 0 amide bonds. The molecule has 0 aromatic rings. The van der Waals surface area contributed by atoms with E-state index in [1.807, 2.05) is 0 Å². The van der Waals surface area contributed by atoms with Crippen LogP contribution in [0.3, 0.4) is 0 Å². The quantitative estimate of drug-likeness (QED) is 0.532. The van der Waals surface area contributed by atoms with Crippen LogP contribution in [0.2, 0.25) is 0 Å². The lowest BCUT2D eigenvalue weighted by atomic mass is 10.2. The maximum atomic E-state index is 8.94. The Morgan fingerprint density at radius 2 is 1.83 bits per heavy atom. The van der Waals surface area contributed by atoms with E-state index in [-0.39, 0.29) is 6.61 Å². The molecule has 0 aliphatic heterocycles. The Labute approximate surface area is 72.7 Å². The summed E-state index contributed by atoms with van der Waals surface area (Å²) in [7, 11) is 0. The highest BCUT2D eigenvalue weighted by atomic mass is 16.3. The van der Waals surface area contributed by atoms with Crippen LogP contribution in [-0.2, 0) is 0 Å². The van der Waals surface area contributed by atoms with E-state index in [9.17, 15) is 0 Å². The summed E-state index contributed by atoms with van der Waals surface area (Å²) in [6.07, 6.45) is 3.56. The van der Waals surface area contributed by atoms with Crippen LogP contribution in [0.15, 0.2) is 23.8 Å². The molecule has 0 heterocycles. The van der Waals surface area contributed by atoms with E-state index in [0.29, 0.717) is 5.57 Å². The molecule has 12 heavy (non-hydrogen) atoms. The van der Waals surface area contributed by atoms with Gasteiger partial charge in [0, 0.05) is 0 Å². The lowest BCUT2D eigenvalue weighted by Crippen LogP contribution is -1.99. The molecule has 3 heteroatoms. The molecule has 0 aromatic carbocycles. The summed E-state index contributed by atoms with van der Waals surface area (Å²) in [5, 5.41) is 26.6. The first kappa shape index (κ1) is 11.4. The summed E-state index contributed by atoms with van der Waals surface area (Å²) in [5.74, 6) is 0. The first-order chi connectivity index (χ1) is 5.56. The van der Waals surface area contributed by atoms with Crippen LogP contribution in [0.5, 0.6) is 0 Å². The second kappa shape index (κ2) is 5.94. The predicted octanol–water partition coefficient (Wildman–Crippen LogP) is 0.223. The highest BCUT2D eigenvalue weighted by molar-refractivity contribution is 5.20. The van der Waals surface area contributed by atoms with Crippen LogP contribution in [0, 0.1) is 0 Å². The molecule has 0 aromatic heterocycles. The highest BCUT2D eigenvalue weighted by Crippen LogP contribution is 1.99. The third-order valence-corrected chi connectivity index (χ3v) is 1.23. The predicted molar refractivity (Wildman–Crippen MR) is 47.7 cm³/mol. The summed E-state index contributed by atoms with van der Waals surface area (Å²) < 4.78 is 0. The normalized spacial score (nSPS) is 18.2. The van der Waals surface area contributed by atoms with Crippen molar-refractivity contribution < 1.29 is 15.3 Å². The Morgan fingerprint density at radius 3 is 2.17 bits per heavy atom. The van der Waals surface area contributed by atoms with Crippen LogP contribution >= 0.6 is 0 Å². The van der Waals surface area contributed by atoms with Gasteiger partial charge in [0.2, 0.25) is 0 Å². The molecule has 3 N–H and O–H groups in total. The van der Waals surface area contributed by atoms with Gasteiger partial charge in [0.1, 0.15) is 0 Å². The van der Waals surface area contributed by atoms with E-state index < -0.39 is 12.2 Å². The molecular formula is C9H16O3. The van der Waals surface area contributed by atoms with Crippen molar-refractivity contribution in [1.82, 2.24) is 0 Å². The van der Waals surface area contributed by atoms with Crippen LogP contribution in [0.4, 0.5) is 0 Å². The minimum Gasteiger partial charge on any atom is -0.392 e. The Morgan fingerprint density at radius 1 is 1.25 bits per heavy atom. The van der Waals surface area contributed by atoms with E-state index in [2.05, 4.69) is 0 Å². The third-order valence-electron chi connectivity index (χ3n) is 1.23. The lowest BCUT2D eigenvalue weighted by molar-refractivity contribution is 0.239. The zero-order valence-corrected chi connectivity index (χ0v) is 7.44. The maximum absolute atomic E-state index is 8.94. The molecule has 3 nitrogen and oxygen atoms in total.